The molecular weight excluding hydrogens is 458 g/mol. The first kappa shape index (κ1) is 23.8. The van der Waals surface area contributed by atoms with Gasteiger partial charge in [0.1, 0.15) is 0 Å². The second-order valence-corrected chi connectivity index (χ2v) is 9.76. The van der Waals surface area contributed by atoms with Crippen molar-refractivity contribution < 1.29 is 4.79 Å². The molecule has 8 nitrogen and oxygen atoms in total. The molecule has 2 aromatic heterocycles. The topological polar surface area (TPSA) is 62.4 Å². The van der Waals surface area contributed by atoms with E-state index in [1.807, 2.05) is 39.9 Å². The summed E-state index contributed by atoms with van der Waals surface area (Å²) < 4.78 is 4.75. The molecule has 0 saturated carbocycles. The van der Waals surface area contributed by atoms with Gasteiger partial charge in [-0.2, -0.15) is 5.10 Å². The van der Waals surface area contributed by atoms with E-state index < -0.39 is 0 Å². The van der Waals surface area contributed by atoms with E-state index in [0.717, 1.165) is 63.5 Å². The van der Waals surface area contributed by atoms with Crippen LogP contribution in [0.3, 0.4) is 0 Å². The number of carbonyl (C=O) groups is 1. The number of rotatable bonds is 7. The van der Waals surface area contributed by atoms with Crippen molar-refractivity contribution in [3.63, 3.8) is 0 Å². The number of hydrogen-bond donors (Lipinski definition) is 0. The molecule has 1 amide bonds. The van der Waals surface area contributed by atoms with Crippen LogP contribution in [0.1, 0.15) is 24.8 Å². The number of piperazine rings is 1. The van der Waals surface area contributed by atoms with E-state index in [1.165, 1.54) is 12.0 Å². The standard InChI is InChI=1S/C26H33N7OS/c34-24(31-13-5-2-6-14-31)20-29-15-17-30(18-16-29)21-33-26(35)32(19-22-7-3-1-4-8-22)25(28-33)23-9-11-27-12-10-23/h1,3-4,7-12H,2,5-6,13-21H2. The van der Waals surface area contributed by atoms with Crippen molar-refractivity contribution in [3.8, 4) is 11.4 Å². The lowest BCUT2D eigenvalue weighted by Gasteiger charge is -2.35. The Morgan fingerprint density at radius 2 is 1.54 bits per heavy atom. The number of pyridine rings is 1. The molecule has 0 aliphatic carbocycles. The first-order valence-electron chi connectivity index (χ1n) is 12.5. The van der Waals surface area contributed by atoms with E-state index in [4.69, 9.17) is 17.3 Å². The molecule has 0 N–H and O–H groups in total. The maximum atomic E-state index is 12.6. The second-order valence-electron chi connectivity index (χ2n) is 9.39. The van der Waals surface area contributed by atoms with Gasteiger partial charge in [0.25, 0.3) is 0 Å². The summed E-state index contributed by atoms with van der Waals surface area (Å²) in [6.07, 6.45) is 7.09. The number of amides is 1. The maximum absolute atomic E-state index is 12.6. The van der Waals surface area contributed by atoms with Crippen molar-refractivity contribution in [1.82, 2.24) is 34.0 Å². The lowest BCUT2D eigenvalue weighted by molar-refractivity contribution is -0.133. The minimum atomic E-state index is 0.280. The molecule has 2 fully saturated rings. The predicted octanol–water partition coefficient (Wildman–Crippen LogP) is 3.11. The van der Waals surface area contributed by atoms with Gasteiger partial charge in [-0.05, 0) is 49.2 Å². The fraction of sp³-hybridized carbons (Fsp3) is 0.462. The molecule has 2 aliphatic rings. The van der Waals surface area contributed by atoms with E-state index in [0.29, 0.717) is 24.5 Å². The molecule has 2 aliphatic heterocycles. The molecule has 35 heavy (non-hydrogen) atoms. The lowest BCUT2D eigenvalue weighted by atomic mass is 10.1. The van der Waals surface area contributed by atoms with Crippen molar-refractivity contribution in [3.05, 3.63) is 65.2 Å². The van der Waals surface area contributed by atoms with Crippen LogP contribution in [0.2, 0.25) is 0 Å². The van der Waals surface area contributed by atoms with Crippen LogP contribution in [-0.2, 0) is 18.0 Å². The highest BCUT2D eigenvalue weighted by Crippen LogP contribution is 2.20. The zero-order valence-corrected chi connectivity index (χ0v) is 20.9. The zero-order chi connectivity index (χ0) is 24.0. The summed E-state index contributed by atoms with van der Waals surface area (Å²) in [5, 5.41) is 4.93. The van der Waals surface area contributed by atoms with Crippen molar-refractivity contribution in [2.75, 3.05) is 45.8 Å². The largest absolute Gasteiger partial charge is 0.342 e. The molecule has 0 atom stereocenters. The van der Waals surface area contributed by atoms with Gasteiger partial charge in [-0.3, -0.25) is 24.1 Å². The van der Waals surface area contributed by atoms with Crippen LogP contribution in [0.25, 0.3) is 11.4 Å². The quantitative estimate of drug-likeness (QED) is 0.474. The monoisotopic (exact) mass is 491 g/mol. The average Bonchev–Trinajstić information content (AvgIpc) is 3.21. The number of nitrogens with zero attached hydrogens (tertiary/aromatic N) is 7. The van der Waals surface area contributed by atoms with Crippen molar-refractivity contribution in [2.45, 2.75) is 32.5 Å². The number of piperidine rings is 1. The normalized spacial score (nSPS) is 17.5. The Balaban J connectivity index is 1.26. The van der Waals surface area contributed by atoms with Crippen LogP contribution in [0.4, 0.5) is 0 Å². The number of hydrogen-bond acceptors (Lipinski definition) is 6. The summed E-state index contributed by atoms with van der Waals surface area (Å²) in [6, 6.07) is 14.3. The predicted molar refractivity (Wildman–Crippen MR) is 138 cm³/mol. The van der Waals surface area contributed by atoms with Gasteiger partial charge in [-0.1, -0.05) is 30.3 Å². The van der Waals surface area contributed by atoms with E-state index in [9.17, 15) is 4.79 Å². The van der Waals surface area contributed by atoms with Crippen LogP contribution < -0.4 is 0 Å². The van der Waals surface area contributed by atoms with Gasteiger partial charge in [-0.15, -0.1) is 0 Å². The molecule has 5 rings (SSSR count). The minimum absolute atomic E-state index is 0.280. The van der Waals surface area contributed by atoms with Crippen LogP contribution in [0, 0.1) is 4.77 Å². The van der Waals surface area contributed by atoms with E-state index in [-0.39, 0.29) is 5.91 Å². The third-order valence-electron chi connectivity index (χ3n) is 6.91. The molecule has 0 spiro atoms. The van der Waals surface area contributed by atoms with Gasteiger partial charge in [0.15, 0.2) is 10.6 Å². The van der Waals surface area contributed by atoms with Crippen LogP contribution in [0.15, 0.2) is 54.9 Å². The summed E-state index contributed by atoms with van der Waals surface area (Å²) in [6.45, 7) is 7.24. The Morgan fingerprint density at radius 1 is 0.857 bits per heavy atom. The first-order valence-corrected chi connectivity index (χ1v) is 12.9. The molecule has 1 aromatic carbocycles. The summed E-state index contributed by atoms with van der Waals surface area (Å²) in [5.41, 5.74) is 2.19. The SMILES string of the molecule is O=C(CN1CCN(Cn2nc(-c3ccncc3)n(Cc3ccccc3)c2=S)CC1)N1CCCCC1. The summed E-state index contributed by atoms with van der Waals surface area (Å²) in [5.74, 6) is 1.13. The highest BCUT2D eigenvalue weighted by atomic mass is 32.1. The summed E-state index contributed by atoms with van der Waals surface area (Å²) in [4.78, 5) is 23.5. The van der Waals surface area contributed by atoms with Crippen LogP contribution >= 0.6 is 12.2 Å². The number of carbonyl (C=O) groups excluding carboxylic acids is 1. The van der Waals surface area contributed by atoms with Crippen molar-refractivity contribution in [1.29, 1.82) is 0 Å². The first-order chi connectivity index (χ1) is 17.2. The highest BCUT2D eigenvalue weighted by molar-refractivity contribution is 7.71. The van der Waals surface area contributed by atoms with Gasteiger partial charge < -0.3 is 4.90 Å². The molecule has 2 saturated heterocycles. The van der Waals surface area contributed by atoms with Gasteiger partial charge in [0, 0.05) is 57.2 Å². The number of benzene rings is 1. The van der Waals surface area contributed by atoms with Gasteiger partial charge in [-0.25, -0.2) is 4.68 Å². The fourth-order valence-electron chi connectivity index (χ4n) is 4.87. The van der Waals surface area contributed by atoms with E-state index in [1.54, 1.807) is 12.4 Å². The average molecular weight is 492 g/mol. The Labute approximate surface area is 211 Å². The molecule has 4 heterocycles. The maximum Gasteiger partial charge on any atom is 0.236 e. The molecule has 184 valence electrons. The number of likely N-dealkylation sites (tertiary alicyclic amines) is 1. The lowest BCUT2D eigenvalue weighted by Crippen LogP contribution is -2.50. The van der Waals surface area contributed by atoms with E-state index >= 15 is 0 Å². The highest BCUT2D eigenvalue weighted by Gasteiger charge is 2.24. The van der Waals surface area contributed by atoms with Crippen LogP contribution in [-0.4, -0.2) is 85.8 Å². The molecule has 0 bridgehead atoms. The van der Waals surface area contributed by atoms with Gasteiger partial charge in [0.2, 0.25) is 5.91 Å². The van der Waals surface area contributed by atoms with Gasteiger partial charge >= 0.3 is 0 Å². The second kappa shape index (κ2) is 11.2. The Morgan fingerprint density at radius 3 is 2.26 bits per heavy atom. The zero-order valence-electron chi connectivity index (χ0n) is 20.1. The van der Waals surface area contributed by atoms with Crippen molar-refractivity contribution in [2.24, 2.45) is 0 Å². The van der Waals surface area contributed by atoms with Gasteiger partial charge in [0.05, 0.1) is 19.8 Å². The molecule has 0 unspecified atom stereocenters. The Bertz CT molecular complexity index is 1160. The molecule has 3 aromatic rings. The molecule has 9 heteroatoms. The Hall–Kier alpha value is -2.88. The Kier molecular flexibility index (Phi) is 7.66. The summed E-state index contributed by atoms with van der Waals surface area (Å²) in [7, 11) is 0. The summed E-state index contributed by atoms with van der Waals surface area (Å²) >= 11 is 5.89. The fourth-order valence-corrected chi connectivity index (χ4v) is 5.12. The van der Waals surface area contributed by atoms with E-state index in [2.05, 4.69) is 31.5 Å². The molecule has 0 radical (unpaired) electrons. The third-order valence-corrected chi connectivity index (χ3v) is 7.34. The minimum Gasteiger partial charge on any atom is -0.342 e. The third kappa shape index (κ3) is 5.86. The van der Waals surface area contributed by atoms with Crippen LogP contribution in [0.5, 0.6) is 0 Å². The molecular formula is C26H33N7OS. The number of aromatic nitrogens is 4. The van der Waals surface area contributed by atoms with Crippen molar-refractivity contribution >= 4 is 18.1 Å². The smallest absolute Gasteiger partial charge is 0.236 e.